The summed E-state index contributed by atoms with van der Waals surface area (Å²) in [4.78, 5) is 11.2. The fourth-order valence-electron chi connectivity index (χ4n) is 2.16. The van der Waals surface area contributed by atoms with Crippen LogP contribution in [0.1, 0.15) is 20.3 Å². The maximum atomic E-state index is 4.45. The molecule has 0 unspecified atom stereocenters. The van der Waals surface area contributed by atoms with Gasteiger partial charge >= 0.3 is 0 Å². The highest BCUT2D eigenvalue weighted by atomic mass is 15.2. The minimum Gasteiger partial charge on any atom is -0.368 e. The van der Waals surface area contributed by atoms with Gasteiger partial charge in [0, 0.05) is 20.1 Å². The summed E-state index contributed by atoms with van der Waals surface area (Å²) in [5.41, 5.74) is 0.743. The highest BCUT2D eigenvalue weighted by Crippen LogP contribution is 2.19. The van der Waals surface area contributed by atoms with Crippen molar-refractivity contribution in [2.75, 3.05) is 43.9 Å². The van der Waals surface area contributed by atoms with E-state index in [9.17, 15) is 0 Å². The summed E-state index contributed by atoms with van der Waals surface area (Å²) in [6, 6.07) is 0. The standard InChI is InChI=1S/C13H23N7/c1-4-7-20(5-2)8-6-15-11-10-9-16-19-12(10)18-13(14-3)17-11/h9H,4-8H2,1-3H3,(H3,14,15,16,17,18,19). The molecule has 7 heteroatoms. The van der Waals surface area contributed by atoms with Gasteiger partial charge in [0.2, 0.25) is 5.95 Å². The molecule has 0 aliphatic heterocycles. The van der Waals surface area contributed by atoms with Crippen LogP contribution in [0.2, 0.25) is 0 Å². The number of aromatic nitrogens is 4. The normalized spacial score (nSPS) is 11.2. The molecule has 0 radical (unpaired) electrons. The van der Waals surface area contributed by atoms with Crippen LogP contribution in [0.4, 0.5) is 11.8 Å². The van der Waals surface area contributed by atoms with Gasteiger partial charge in [0.1, 0.15) is 5.82 Å². The maximum Gasteiger partial charge on any atom is 0.226 e. The fraction of sp³-hybridized carbons (Fsp3) is 0.615. The monoisotopic (exact) mass is 277 g/mol. The van der Waals surface area contributed by atoms with Crippen LogP contribution in [0, 0.1) is 0 Å². The number of nitrogens with one attached hydrogen (secondary N) is 3. The predicted octanol–water partition coefficient (Wildman–Crippen LogP) is 1.54. The van der Waals surface area contributed by atoms with E-state index in [1.807, 2.05) is 0 Å². The second kappa shape index (κ2) is 7.04. The third-order valence-electron chi connectivity index (χ3n) is 3.24. The predicted molar refractivity (Wildman–Crippen MR) is 82.1 cm³/mol. The minimum absolute atomic E-state index is 0.588. The largest absolute Gasteiger partial charge is 0.368 e. The Morgan fingerprint density at radius 3 is 2.80 bits per heavy atom. The molecule has 0 amide bonds. The first-order chi connectivity index (χ1) is 9.78. The molecular weight excluding hydrogens is 254 g/mol. The molecule has 110 valence electrons. The van der Waals surface area contributed by atoms with Gasteiger partial charge in [-0.1, -0.05) is 13.8 Å². The maximum absolute atomic E-state index is 4.45. The zero-order valence-corrected chi connectivity index (χ0v) is 12.4. The van der Waals surface area contributed by atoms with Gasteiger partial charge in [0.05, 0.1) is 11.6 Å². The highest BCUT2D eigenvalue weighted by molar-refractivity contribution is 5.86. The van der Waals surface area contributed by atoms with Crippen molar-refractivity contribution in [3.05, 3.63) is 6.20 Å². The molecule has 3 N–H and O–H groups in total. The van der Waals surface area contributed by atoms with Crippen LogP contribution in [0.3, 0.4) is 0 Å². The number of anilines is 2. The van der Waals surface area contributed by atoms with Gasteiger partial charge < -0.3 is 15.5 Å². The van der Waals surface area contributed by atoms with Crippen LogP contribution in [0.25, 0.3) is 11.0 Å². The molecule has 2 aromatic rings. The Hall–Kier alpha value is -1.89. The van der Waals surface area contributed by atoms with Crippen LogP contribution >= 0.6 is 0 Å². The summed E-state index contributed by atoms with van der Waals surface area (Å²) in [5.74, 6) is 1.41. The zero-order valence-electron chi connectivity index (χ0n) is 12.4. The molecular formula is C13H23N7. The Bertz CT molecular complexity index is 536. The third kappa shape index (κ3) is 3.36. The molecule has 7 nitrogen and oxygen atoms in total. The van der Waals surface area contributed by atoms with Crippen LogP contribution in [-0.4, -0.2) is 58.3 Å². The lowest BCUT2D eigenvalue weighted by atomic mass is 10.3. The molecule has 0 atom stereocenters. The zero-order chi connectivity index (χ0) is 14.4. The van der Waals surface area contributed by atoms with Crippen molar-refractivity contribution in [1.82, 2.24) is 25.1 Å². The molecule has 0 spiro atoms. The second-order valence-corrected chi connectivity index (χ2v) is 4.64. The third-order valence-corrected chi connectivity index (χ3v) is 3.24. The van der Waals surface area contributed by atoms with Crippen molar-refractivity contribution >= 4 is 22.8 Å². The Morgan fingerprint density at radius 1 is 1.25 bits per heavy atom. The smallest absolute Gasteiger partial charge is 0.226 e. The number of hydrogen-bond donors (Lipinski definition) is 3. The van der Waals surface area contributed by atoms with Gasteiger partial charge in [-0.2, -0.15) is 15.1 Å². The molecule has 2 rings (SSSR count). The fourth-order valence-corrected chi connectivity index (χ4v) is 2.16. The Labute approximate surface area is 119 Å². The average Bonchev–Trinajstić information content (AvgIpc) is 2.94. The Balaban J connectivity index is 2.03. The summed E-state index contributed by atoms with van der Waals surface area (Å²) in [5, 5.41) is 14.2. The Kier molecular flexibility index (Phi) is 5.11. The number of rotatable bonds is 8. The van der Waals surface area contributed by atoms with Gasteiger partial charge in [0.25, 0.3) is 0 Å². The minimum atomic E-state index is 0.588. The summed E-state index contributed by atoms with van der Waals surface area (Å²) < 4.78 is 0. The first-order valence-electron chi connectivity index (χ1n) is 7.13. The first kappa shape index (κ1) is 14.5. The molecule has 20 heavy (non-hydrogen) atoms. The van der Waals surface area contributed by atoms with Gasteiger partial charge in [-0.05, 0) is 19.5 Å². The van der Waals surface area contributed by atoms with Crippen LogP contribution in [0.5, 0.6) is 0 Å². The SMILES string of the molecule is CCCN(CC)CCNc1nc(NC)nc2[nH]ncc12. The van der Waals surface area contributed by atoms with Crippen molar-refractivity contribution in [3.63, 3.8) is 0 Å². The molecule has 2 aromatic heterocycles. The van der Waals surface area contributed by atoms with E-state index >= 15 is 0 Å². The number of likely N-dealkylation sites (N-methyl/N-ethyl adjacent to an activating group) is 1. The molecule has 0 fully saturated rings. The molecule has 0 saturated heterocycles. The van der Waals surface area contributed by atoms with Gasteiger partial charge in [-0.3, -0.25) is 5.10 Å². The topological polar surface area (TPSA) is 81.8 Å². The quantitative estimate of drug-likeness (QED) is 0.679. The summed E-state index contributed by atoms with van der Waals surface area (Å²) in [6.45, 7) is 8.45. The van der Waals surface area contributed by atoms with Gasteiger partial charge in [0.15, 0.2) is 5.65 Å². The van der Waals surface area contributed by atoms with E-state index < -0.39 is 0 Å². The lowest BCUT2D eigenvalue weighted by Crippen LogP contribution is -2.29. The van der Waals surface area contributed by atoms with Crippen molar-refractivity contribution < 1.29 is 0 Å². The summed E-state index contributed by atoms with van der Waals surface area (Å²) in [7, 11) is 1.81. The highest BCUT2D eigenvalue weighted by Gasteiger charge is 2.09. The van der Waals surface area contributed by atoms with E-state index in [4.69, 9.17) is 0 Å². The number of nitrogens with zero attached hydrogens (tertiary/aromatic N) is 4. The lowest BCUT2D eigenvalue weighted by molar-refractivity contribution is 0.300. The van der Waals surface area contributed by atoms with Crippen LogP contribution < -0.4 is 10.6 Å². The first-order valence-corrected chi connectivity index (χ1v) is 7.13. The van der Waals surface area contributed by atoms with Crippen LogP contribution in [0.15, 0.2) is 6.20 Å². The van der Waals surface area contributed by atoms with E-state index in [0.29, 0.717) is 5.95 Å². The summed E-state index contributed by atoms with van der Waals surface area (Å²) >= 11 is 0. The van der Waals surface area contributed by atoms with E-state index in [2.05, 4.69) is 49.5 Å². The van der Waals surface area contributed by atoms with E-state index in [-0.39, 0.29) is 0 Å². The Morgan fingerprint density at radius 2 is 2.10 bits per heavy atom. The molecule has 0 bridgehead atoms. The second-order valence-electron chi connectivity index (χ2n) is 4.64. The van der Waals surface area contributed by atoms with Gasteiger partial charge in [-0.25, -0.2) is 0 Å². The van der Waals surface area contributed by atoms with Crippen molar-refractivity contribution in [2.45, 2.75) is 20.3 Å². The molecule has 0 aliphatic carbocycles. The van der Waals surface area contributed by atoms with E-state index in [0.717, 1.165) is 43.0 Å². The van der Waals surface area contributed by atoms with Gasteiger partial charge in [-0.15, -0.1) is 0 Å². The lowest BCUT2D eigenvalue weighted by Gasteiger charge is -2.19. The number of H-pyrrole nitrogens is 1. The van der Waals surface area contributed by atoms with Crippen molar-refractivity contribution in [3.8, 4) is 0 Å². The average molecular weight is 277 g/mol. The number of hydrogen-bond acceptors (Lipinski definition) is 6. The van der Waals surface area contributed by atoms with Crippen LogP contribution in [-0.2, 0) is 0 Å². The van der Waals surface area contributed by atoms with Crippen molar-refractivity contribution in [1.29, 1.82) is 0 Å². The number of aromatic amines is 1. The van der Waals surface area contributed by atoms with E-state index in [1.165, 1.54) is 6.42 Å². The van der Waals surface area contributed by atoms with E-state index in [1.54, 1.807) is 13.2 Å². The molecule has 2 heterocycles. The summed E-state index contributed by atoms with van der Waals surface area (Å²) in [6.07, 6.45) is 2.93. The molecule has 0 aromatic carbocycles. The molecule has 0 saturated carbocycles. The molecule has 0 aliphatic rings. The van der Waals surface area contributed by atoms with Crippen molar-refractivity contribution in [2.24, 2.45) is 0 Å². The number of fused-ring (bicyclic) bond motifs is 1.